The minimum atomic E-state index is -3.66. The molecule has 0 bridgehead atoms. The summed E-state index contributed by atoms with van der Waals surface area (Å²) in [6.07, 6.45) is 1.14. The Hall–Kier alpha value is -1.12. The molecule has 1 heterocycles. The summed E-state index contributed by atoms with van der Waals surface area (Å²) in [6.45, 7) is 0. The van der Waals surface area contributed by atoms with E-state index in [1.165, 1.54) is 18.2 Å². The molecule has 2 rings (SSSR count). The van der Waals surface area contributed by atoms with Crippen molar-refractivity contribution >= 4 is 26.5 Å². The Bertz CT molecular complexity index is 591. The van der Waals surface area contributed by atoms with Gasteiger partial charge in [-0.1, -0.05) is 0 Å². The van der Waals surface area contributed by atoms with Crippen molar-refractivity contribution in [2.24, 2.45) is 0 Å². The molecule has 1 aliphatic rings. The van der Waals surface area contributed by atoms with Crippen molar-refractivity contribution in [3.05, 3.63) is 18.2 Å². The van der Waals surface area contributed by atoms with Crippen LogP contribution in [0.3, 0.4) is 0 Å². The third-order valence-electron chi connectivity index (χ3n) is 3.02. The molecule has 1 aromatic rings. The van der Waals surface area contributed by atoms with E-state index in [1.54, 1.807) is 0 Å². The number of aromatic hydroxyl groups is 1. The zero-order valence-electron chi connectivity index (χ0n) is 10.2. The summed E-state index contributed by atoms with van der Waals surface area (Å²) in [5.74, 6) is 0.891. The van der Waals surface area contributed by atoms with E-state index in [2.05, 4.69) is 4.72 Å². The largest absolute Gasteiger partial charge is 0.506 e. The molecule has 1 fully saturated rings. The van der Waals surface area contributed by atoms with Crippen molar-refractivity contribution < 1.29 is 17.7 Å². The number of nitrogens with two attached hydrogens (primary N) is 1. The molecule has 0 unspecified atom stereocenters. The zero-order chi connectivity index (χ0) is 14.0. The van der Waals surface area contributed by atoms with E-state index >= 15 is 0 Å². The standard InChI is InChI=1S/C11H16N2O4S2/c12-10-7-9(1-2-11(10)14)19(16,17)13-8-3-5-18(15)6-4-8/h1-2,7-8,13-14H,3-6,12H2. The van der Waals surface area contributed by atoms with Gasteiger partial charge in [0.1, 0.15) is 5.75 Å². The Morgan fingerprint density at radius 2 is 1.95 bits per heavy atom. The van der Waals surface area contributed by atoms with Crippen LogP contribution in [0.15, 0.2) is 23.1 Å². The van der Waals surface area contributed by atoms with Crippen LogP contribution in [0.2, 0.25) is 0 Å². The van der Waals surface area contributed by atoms with Crippen LogP contribution in [-0.2, 0) is 20.8 Å². The molecule has 0 radical (unpaired) electrons. The number of hydrogen-bond acceptors (Lipinski definition) is 5. The van der Waals surface area contributed by atoms with Crippen molar-refractivity contribution in [3.63, 3.8) is 0 Å². The van der Waals surface area contributed by atoms with Crippen molar-refractivity contribution in [2.75, 3.05) is 17.2 Å². The molecule has 8 heteroatoms. The predicted molar refractivity (Wildman–Crippen MR) is 73.7 cm³/mol. The summed E-state index contributed by atoms with van der Waals surface area (Å²) in [6, 6.07) is 3.57. The molecule has 106 valence electrons. The summed E-state index contributed by atoms with van der Waals surface area (Å²) < 4.78 is 38.0. The number of benzene rings is 1. The van der Waals surface area contributed by atoms with Gasteiger partial charge in [-0.05, 0) is 31.0 Å². The fraction of sp³-hybridized carbons (Fsp3) is 0.455. The maximum absolute atomic E-state index is 12.1. The van der Waals surface area contributed by atoms with E-state index < -0.39 is 20.8 Å². The Morgan fingerprint density at radius 3 is 2.53 bits per heavy atom. The first-order valence-electron chi connectivity index (χ1n) is 5.84. The van der Waals surface area contributed by atoms with Crippen LogP contribution in [-0.4, -0.2) is 35.3 Å². The van der Waals surface area contributed by atoms with Gasteiger partial charge in [-0.15, -0.1) is 0 Å². The highest BCUT2D eigenvalue weighted by atomic mass is 32.2. The molecule has 0 aromatic heterocycles. The first-order chi connectivity index (χ1) is 8.88. The Labute approximate surface area is 114 Å². The molecule has 1 saturated heterocycles. The van der Waals surface area contributed by atoms with Gasteiger partial charge in [0.05, 0.1) is 10.6 Å². The highest BCUT2D eigenvalue weighted by Gasteiger charge is 2.24. The molecular weight excluding hydrogens is 288 g/mol. The minimum Gasteiger partial charge on any atom is -0.506 e. The maximum Gasteiger partial charge on any atom is 0.240 e. The maximum atomic E-state index is 12.1. The fourth-order valence-electron chi connectivity index (χ4n) is 1.90. The fourth-order valence-corrected chi connectivity index (χ4v) is 4.54. The summed E-state index contributed by atoms with van der Waals surface area (Å²) in [5.41, 5.74) is 5.51. The van der Waals surface area contributed by atoms with Crippen LogP contribution >= 0.6 is 0 Å². The number of phenolic OH excluding ortho intramolecular Hbond substituents is 1. The normalized spacial score (nSPS) is 24.2. The van der Waals surface area contributed by atoms with E-state index in [0.717, 1.165) is 0 Å². The van der Waals surface area contributed by atoms with Gasteiger partial charge in [0.25, 0.3) is 0 Å². The molecular formula is C11H16N2O4S2. The van der Waals surface area contributed by atoms with Crippen LogP contribution in [0.5, 0.6) is 5.75 Å². The number of nitrogen functional groups attached to an aromatic ring is 1. The van der Waals surface area contributed by atoms with Crippen LogP contribution in [0.25, 0.3) is 0 Å². The SMILES string of the molecule is Nc1cc(S(=O)(=O)NC2CCS(=O)CC2)ccc1O. The van der Waals surface area contributed by atoms with E-state index in [4.69, 9.17) is 5.73 Å². The third kappa shape index (κ3) is 3.46. The lowest BCUT2D eigenvalue weighted by Gasteiger charge is -2.22. The van der Waals surface area contributed by atoms with Gasteiger partial charge >= 0.3 is 0 Å². The van der Waals surface area contributed by atoms with Gasteiger partial charge in [-0.25, -0.2) is 13.1 Å². The van der Waals surface area contributed by atoms with Gasteiger partial charge in [-0.2, -0.15) is 0 Å². The van der Waals surface area contributed by atoms with E-state index in [-0.39, 0.29) is 22.4 Å². The number of rotatable bonds is 3. The molecule has 1 aromatic carbocycles. The Balaban J connectivity index is 2.13. The lowest BCUT2D eigenvalue weighted by molar-refractivity contribution is 0.477. The third-order valence-corrected chi connectivity index (χ3v) is 5.92. The highest BCUT2D eigenvalue weighted by molar-refractivity contribution is 7.89. The average Bonchev–Trinajstić information content (AvgIpc) is 2.35. The van der Waals surface area contributed by atoms with E-state index in [1.807, 2.05) is 0 Å². The average molecular weight is 304 g/mol. The molecule has 0 saturated carbocycles. The van der Waals surface area contributed by atoms with Crippen LogP contribution in [0, 0.1) is 0 Å². The van der Waals surface area contributed by atoms with Crippen LogP contribution < -0.4 is 10.5 Å². The molecule has 1 aliphatic heterocycles. The minimum absolute atomic E-state index is 0.0209. The highest BCUT2D eigenvalue weighted by Crippen LogP contribution is 2.23. The molecule has 0 aliphatic carbocycles. The summed E-state index contributed by atoms with van der Waals surface area (Å²) >= 11 is 0. The first kappa shape index (κ1) is 14.3. The Kier molecular flexibility index (Phi) is 4.12. The first-order valence-corrected chi connectivity index (χ1v) is 8.81. The van der Waals surface area contributed by atoms with Crippen LogP contribution in [0.4, 0.5) is 5.69 Å². The molecule has 19 heavy (non-hydrogen) atoms. The number of nitrogens with one attached hydrogen (secondary N) is 1. The lowest BCUT2D eigenvalue weighted by atomic mass is 10.2. The van der Waals surface area contributed by atoms with Gasteiger partial charge in [0.2, 0.25) is 10.0 Å². The number of phenols is 1. The molecule has 0 atom stereocenters. The quantitative estimate of drug-likeness (QED) is 0.544. The molecule has 6 nitrogen and oxygen atoms in total. The van der Waals surface area contributed by atoms with Crippen molar-refractivity contribution in [2.45, 2.75) is 23.8 Å². The lowest BCUT2D eigenvalue weighted by Crippen LogP contribution is -2.39. The predicted octanol–water partition coefficient (Wildman–Crippen LogP) is 0.164. The molecule has 0 spiro atoms. The van der Waals surface area contributed by atoms with Gasteiger partial charge in [-0.3, -0.25) is 4.21 Å². The Morgan fingerprint density at radius 1 is 1.32 bits per heavy atom. The smallest absolute Gasteiger partial charge is 0.240 e. The molecule has 0 amide bonds. The second-order valence-electron chi connectivity index (χ2n) is 4.46. The second-order valence-corrected chi connectivity index (χ2v) is 7.87. The van der Waals surface area contributed by atoms with Gasteiger partial charge in [0.15, 0.2) is 0 Å². The summed E-state index contributed by atoms with van der Waals surface area (Å²) in [4.78, 5) is 0.0227. The monoisotopic (exact) mass is 304 g/mol. The number of sulfonamides is 1. The van der Waals surface area contributed by atoms with E-state index in [0.29, 0.717) is 24.3 Å². The summed E-state index contributed by atoms with van der Waals surface area (Å²) in [5, 5.41) is 9.29. The number of hydrogen-bond donors (Lipinski definition) is 3. The van der Waals surface area contributed by atoms with Crippen molar-refractivity contribution in [1.82, 2.24) is 4.72 Å². The van der Waals surface area contributed by atoms with E-state index in [9.17, 15) is 17.7 Å². The number of anilines is 1. The molecule has 4 N–H and O–H groups in total. The zero-order valence-corrected chi connectivity index (χ0v) is 11.8. The summed E-state index contributed by atoms with van der Waals surface area (Å²) in [7, 11) is -4.49. The van der Waals surface area contributed by atoms with Gasteiger partial charge < -0.3 is 10.8 Å². The van der Waals surface area contributed by atoms with Crippen molar-refractivity contribution in [1.29, 1.82) is 0 Å². The topological polar surface area (TPSA) is 109 Å². The van der Waals surface area contributed by atoms with Crippen LogP contribution in [0.1, 0.15) is 12.8 Å². The van der Waals surface area contributed by atoms with Crippen molar-refractivity contribution in [3.8, 4) is 5.75 Å². The second kappa shape index (κ2) is 5.48. The van der Waals surface area contributed by atoms with Gasteiger partial charge in [0, 0.05) is 28.3 Å².